The van der Waals surface area contributed by atoms with Gasteiger partial charge in [0.1, 0.15) is 17.1 Å². The maximum absolute atomic E-state index is 13.6. The van der Waals surface area contributed by atoms with Gasteiger partial charge in [0.15, 0.2) is 12.4 Å². The van der Waals surface area contributed by atoms with Gasteiger partial charge in [0.05, 0.1) is 16.9 Å². The second kappa shape index (κ2) is 8.07. The summed E-state index contributed by atoms with van der Waals surface area (Å²) in [6, 6.07) is 13.4. The van der Waals surface area contributed by atoms with Crippen molar-refractivity contribution in [1.82, 2.24) is 19.5 Å². The predicted molar refractivity (Wildman–Crippen MR) is 127 cm³/mol. The fraction of sp³-hybridized carbons (Fsp3) is 0.160. The van der Waals surface area contributed by atoms with Gasteiger partial charge in [-0.1, -0.05) is 24.3 Å². The number of aryl methyl sites for hydroxylation is 1. The van der Waals surface area contributed by atoms with Crippen molar-refractivity contribution in [2.45, 2.75) is 13.8 Å². The second-order valence-corrected chi connectivity index (χ2v) is 7.83. The first-order valence-corrected chi connectivity index (χ1v) is 10.5. The number of nitrogens with two attached hydrogens (primary N) is 1. The van der Waals surface area contributed by atoms with Crippen LogP contribution < -0.4 is 10.5 Å². The predicted octanol–water partition coefficient (Wildman–Crippen LogP) is 4.31. The molecular weight excluding hydrogens is 418 g/mol. The summed E-state index contributed by atoms with van der Waals surface area (Å²) < 4.78 is 12.6. The quantitative estimate of drug-likeness (QED) is 0.300. The van der Waals surface area contributed by atoms with Crippen LogP contribution in [0.25, 0.3) is 27.8 Å². The zero-order valence-electron chi connectivity index (χ0n) is 18.5. The number of ether oxygens (including phenoxy) is 2. The molecule has 0 amide bonds. The number of nitrogens with zero attached hydrogens (tertiary/aromatic N) is 3. The van der Waals surface area contributed by atoms with E-state index in [1.165, 1.54) is 0 Å². The van der Waals surface area contributed by atoms with Crippen LogP contribution in [0.2, 0.25) is 0 Å². The molecule has 2 aromatic carbocycles. The number of H-pyrrole nitrogens is 1. The third-order valence-electron chi connectivity index (χ3n) is 5.77. The first kappa shape index (κ1) is 20.7. The third kappa shape index (κ3) is 3.32. The summed E-state index contributed by atoms with van der Waals surface area (Å²) in [7, 11) is 1.57. The summed E-state index contributed by atoms with van der Waals surface area (Å²) in [5, 5.41) is 0.948. The molecule has 0 saturated heterocycles. The second-order valence-electron chi connectivity index (χ2n) is 7.83. The highest BCUT2D eigenvalue weighted by Crippen LogP contribution is 2.36. The van der Waals surface area contributed by atoms with Gasteiger partial charge in [0, 0.05) is 36.0 Å². The lowest BCUT2D eigenvalue weighted by molar-refractivity contribution is 0.0506. The number of nitrogen functional groups attached to an aromatic ring is 1. The molecule has 0 aliphatic rings. The number of aromatic nitrogens is 4. The molecule has 3 aromatic heterocycles. The number of aromatic amines is 1. The van der Waals surface area contributed by atoms with E-state index in [9.17, 15) is 4.79 Å². The molecule has 0 radical (unpaired) electrons. The maximum atomic E-state index is 13.6. The number of hydrogen-bond acceptors (Lipinski definition) is 6. The fourth-order valence-corrected chi connectivity index (χ4v) is 4.24. The molecule has 0 fully saturated rings. The molecule has 0 aliphatic carbocycles. The van der Waals surface area contributed by atoms with E-state index in [1.54, 1.807) is 24.1 Å². The monoisotopic (exact) mass is 441 g/mol. The number of para-hydroxylation sites is 1. The first-order chi connectivity index (χ1) is 16.0. The van der Waals surface area contributed by atoms with Crippen molar-refractivity contribution in [2.75, 3.05) is 19.6 Å². The zero-order valence-corrected chi connectivity index (χ0v) is 18.5. The minimum Gasteiger partial charge on any atom is -0.467 e. The van der Waals surface area contributed by atoms with Gasteiger partial charge < -0.3 is 20.2 Å². The van der Waals surface area contributed by atoms with E-state index in [2.05, 4.69) is 15.0 Å². The molecule has 0 aliphatic heterocycles. The molecule has 3 N–H and O–H groups in total. The van der Waals surface area contributed by atoms with Crippen molar-refractivity contribution in [3.63, 3.8) is 0 Å². The van der Waals surface area contributed by atoms with Gasteiger partial charge in [0.25, 0.3) is 0 Å². The van der Waals surface area contributed by atoms with Gasteiger partial charge >= 0.3 is 0 Å². The molecule has 0 atom stereocenters. The van der Waals surface area contributed by atoms with Crippen LogP contribution in [0.15, 0.2) is 54.9 Å². The molecule has 8 nitrogen and oxygen atoms in total. The minimum atomic E-state index is -0.241. The Hall–Kier alpha value is -4.17. The fourth-order valence-electron chi connectivity index (χ4n) is 4.24. The summed E-state index contributed by atoms with van der Waals surface area (Å²) >= 11 is 0. The summed E-state index contributed by atoms with van der Waals surface area (Å²) in [5.41, 5.74) is 11.8. The van der Waals surface area contributed by atoms with Crippen LogP contribution in [0.5, 0.6) is 5.75 Å². The highest BCUT2D eigenvalue weighted by atomic mass is 16.7. The summed E-state index contributed by atoms with van der Waals surface area (Å²) in [4.78, 5) is 25.8. The van der Waals surface area contributed by atoms with E-state index in [0.717, 1.165) is 27.7 Å². The van der Waals surface area contributed by atoms with Crippen LogP contribution in [0.4, 0.5) is 5.82 Å². The Balaban J connectivity index is 1.74. The van der Waals surface area contributed by atoms with Crippen LogP contribution in [-0.2, 0) is 4.74 Å². The van der Waals surface area contributed by atoms with Crippen LogP contribution in [-0.4, -0.2) is 39.2 Å². The van der Waals surface area contributed by atoms with Crippen LogP contribution in [0.1, 0.15) is 27.2 Å². The van der Waals surface area contributed by atoms with Crippen LogP contribution >= 0.6 is 0 Å². The van der Waals surface area contributed by atoms with E-state index in [4.69, 9.17) is 15.2 Å². The lowest BCUT2D eigenvalue weighted by Crippen LogP contribution is -2.10. The number of fused-ring (bicyclic) bond motifs is 2. The molecule has 5 aromatic rings. The Bertz CT molecular complexity index is 1480. The number of carbonyl (C=O) groups is 1. The van der Waals surface area contributed by atoms with E-state index >= 15 is 0 Å². The molecule has 8 heteroatoms. The third-order valence-corrected chi connectivity index (χ3v) is 5.77. The zero-order chi connectivity index (χ0) is 23.1. The maximum Gasteiger partial charge on any atom is 0.215 e. The van der Waals surface area contributed by atoms with Crippen LogP contribution in [0.3, 0.4) is 0 Å². The Labute approximate surface area is 190 Å². The molecule has 0 unspecified atom stereocenters. The van der Waals surface area contributed by atoms with Gasteiger partial charge in [0.2, 0.25) is 5.78 Å². The topological polar surface area (TPSA) is 108 Å². The van der Waals surface area contributed by atoms with Gasteiger partial charge in [-0.3, -0.25) is 14.3 Å². The summed E-state index contributed by atoms with van der Waals surface area (Å²) in [6.07, 6.45) is 3.15. The number of hydrogen-bond donors (Lipinski definition) is 2. The van der Waals surface area contributed by atoms with E-state index in [-0.39, 0.29) is 18.4 Å². The largest absolute Gasteiger partial charge is 0.467 e. The molecule has 0 saturated carbocycles. The molecule has 0 spiro atoms. The van der Waals surface area contributed by atoms with E-state index in [1.807, 2.05) is 56.3 Å². The number of rotatable bonds is 6. The number of methoxy groups -OCH3 is 1. The Morgan fingerprint density at radius 1 is 1.12 bits per heavy atom. The lowest BCUT2D eigenvalue weighted by atomic mass is 10.1. The smallest absolute Gasteiger partial charge is 0.215 e. The highest BCUT2D eigenvalue weighted by Gasteiger charge is 2.27. The van der Waals surface area contributed by atoms with Gasteiger partial charge in [-0.05, 0) is 37.6 Å². The van der Waals surface area contributed by atoms with E-state index in [0.29, 0.717) is 28.2 Å². The molecule has 5 rings (SSSR count). The molecule has 3 heterocycles. The minimum absolute atomic E-state index is 0.120. The standard InChI is InChI=1S/C25H23N5O3/c1-14-8-9-19(33-13-32-3)15(2)22(14)30-24(26)20(21-25(30)28-11-10-27-21)23(31)18-12-16-6-4-5-7-17(16)29-18/h4-12,29H,13,26H2,1-3H3. The SMILES string of the molecule is COCOc1ccc(C)c(-n2c(N)c(C(=O)c3cc4ccccc4[nH]3)c3nccnc32)c1C. The Morgan fingerprint density at radius 3 is 2.70 bits per heavy atom. The van der Waals surface area contributed by atoms with Crippen LogP contribution in [0, 0.1) is 13.8 Å². The normalized spacial score (nSPS) is 11.4. The van der Waals surface area contributed by atoms with Crippen molar-refractivity contribution < 1.29 is 14.3 Å². The number of carbonyl (C=O) groups excluding carboxylic acids is 1. The summed E-state index contributed by atoms with van der Waals surface area (Å²) in [6.45, 7) is 4.03. The van der Waals surface area contributed by atoms with Gasteiger partial charge in [-0.15, -0.1) is 0 Å². The summed E-state index contributed by atoms with van der Waals surface area (Å²) in [5.74, 6) is 0.691. The molecule has 0 bridgehead atoms. The van der Waals surface area contributed by atoms with Crippen molar-refractivity contribution in [1.29, 1.82) is 0 Å². The number of anilines is 1. The Kier molecular flexibility index (Phi) is 5.07. The number of nitrogens with one attached hydrogen (secondary N) is 1. The average molecular weight is 441 g/mol. The Morgan fingerprint density at radius 2 is 1.91 bits per heavy atom. The lowest BCUT2D eigenvalue weighted by Gasteiger charge is -2.17. The molecular formula is C25H23N5O3. The van der Waals surface area contributed by atoms with Crippen molar-refractivity contribution in [3.05, 3.63) is 77.2 Å². The van der Waals surface area contributed by atoms with Gasteiger partial charge in [-0.25, -0.2) is 4.98 Å². The average Bonchev–Trinajstić information content (AvgIpc) is 3.38. The van der Waals surface area contributed by atoms with Crippen molar-refractivity contribution >= 4 is 33.7 Å². The molecule has 33 heavy (non-hydrogen) atoms. The van der Waals surface area contributed by atoms with E-state index < -0.39 is 0 Å². The van der Waals surface area contributed by atoms with Gasteiger partial charge in [-0.2, -0.15) is 0 Å². The number of ketones is 1. The number of benzene rings is 2. The first-order valence-electron chi connectivity index (χ1n) is 10.5. The molecule has 166 valence electrons. The van der Waals surface area contributed by atoms with Crippen molar-refractivity contribution in [2.24, 2.45) is 0 Å². The van der Waals surface area contributed by atoms with Crippen molar-refractivity contribution in [3.8, 4) is 11.4 Å². The highest BCUT2D eigenvalue weighted by molar-refractivity contribution is 6.19.